The highest BCUT2D eigenvalue weighted by molar-refractivity contribution is 7.09. The summed E-state index contributed by atoms with van der Waals surface area (Å²) in [6.07, 6.45) is 1.77. The van der Waals surface area contributed by atoms with Crippen LogP contribution in [0.3, 0.4) is 0 Å². The van der Waals surface area contributed by atoms with Crippen molar-refractivity contribution < 1.29 is 4.74 Å². The Labute approximate surface area is 128 Å². The number of hydrogen-bond donors (Lipinski definition) is 2. The van der Waals surface area contributed by atoms with Crippen molar-refractivity contribution in [1.29, 1.82) is 0 Å². The van der Waals surface area contributed by atoms with Gasteiger partial charge in [0, 0.05) is 18.3 Å². The van der Waals surface area contributed by atoms with E-state index in [4.69, 9.17) is 10.5 Å². The van der Waals surface area contributed by atoms with E-state index in [0.29, 0.717) is 12.5 Å². The molecule has 0 aliphatic carbocycles. The van der Waals surface area contributed by atoms with E-state index < -0.39 is 0 Å². The van der Waals surface area contributed by atoms with Crippen LogP contribution in [0.2, 0.25) is 0 Å². The lowest BCUT2D eigenvalue weighted by Crippen LogP contribution is -2.23. The number of anilines is 1. The molecule has 6 heteroatoms. The van der Waals surface area contributed by atoms with Crippen LogP contribution >= 0.6 is 11.3 Å². The smallest absolute Gasteiger partial charge is 0.193 e. The van der Waals surface area contributed by atoms with Crippen LogP contribution in [0.5, 0.6) is 5.75 Å². The van der Waals surface area contributed by atoms with Crippen LogP contribution in [-0.4, -0.2) is 24.6 Å². The molecule has 1 heterocycles. The van der Waals surface area contributed by atoms with Crippen LogP contribution in [0.1, 0.15) is 17.6 Å². The third-order valence-corrected chi connectivity index (χ3v) is 3.96. The molecule has 0 aliphatic heterocycles. The monoisotopic (exact) mass is 304 g/mol. The maximum Gasteiger partial charge on any atom is 0.193 e. The molecule has 0 fully saturated rings. The highest BCUT2D eigenvalue weighted by Crippen LogP contribution is 2.22. The predicted octanol–water partition coefficient (Wildman–Crippen LogP) is 2.68. The van der Waals surface area contributed by atoms with Crippen molar-refractivity contribution in [1.82, 2.24) is 4.98 Å². The summed E-state index contributed by atoms with van der Waals surface area (Å²) in [5.41, 5.74) is 7.77. The van der Waals surface area contributed by atoms with Crippen LogP contribution in [-0.2, 0) is 12.8 Å². The van der Waals surface area contributed by atoms with Crippen molar-refractivity contribution >= 4 is 23.0 Å². The zero-order chi connectivity index (χ0) is 15.1. The molecule has 1 aromatic carbocycles. The van der Waals surface area contributed by atoms with E-state index in [2.05, 4.69) is 27.6 Å². The Balaban J connectivity index is 1.89. The third-order valence-electron chi connectivity index (χ3n) is 2.92. The molecule has 21 heavy (non-hydrogen) atoms. The minimum atomic E-state index is 0.380. The van der Waals surface area contributed by atoms with Gasteiger partial charge in [-0.2, -0.15) is 0 Å². The zero-order valence-electron chi connectivity index (χ0n) is 12.3. The number of rotatable bonds is 6. The molecule has 0 unspecified atom stereocenters. The summed E-state index contributed by atoms with van der Waals surface area (Å²) >= 11 is 1.69. The first-order valence-corrected chi connectivity index (χ1v) is 7.74. The van der Waals surface area contributed by atoms with Crippen molar-refractivity contribution in [2.75, 3.05) is 19.0 Å². The number of guanidine groups is 1. The Bertz CT molecular complexity index is 609. The first-order chi connectivity index (χ1) is 10.2. The SMILES string of the molecule is CCc1nc(CCN=C(N)Nc2ccccc2OC)cs1. The van der Waals surface area contributed by atoms with Crippen LogP contribution in [0.25, 0.3) is 0 Å². The highest BCUT2D eigenvalue weighted by atomic mass is 32.1. The number of aromatic nitrogens is 1. The van der Waals surface area contributed by atoms with Crippen LogP contribution < -0.4 is 15.8 Å². The van der Waals surface area contributed by atoms with E-state index in [-0.39, 0.29) is 0 Å². The number of aliphatic imine (C=N–C) groups is 1. The summed E-state index contributed by atoms with van der Waals surface area (Å²) in [6.45, 7) is 2.72. The van der Waals surface area contributed by atoms with Gasteiger partial charge in [-0.15, -0.1) is 11.3 Å². The Morgan fingerprint density at radius 2 is 2.24 bits per heavy atom. The van der Waals surface area contributed by atoms with Gasteiger partial charge in [0.1, 0.15) is 5.75 Å². The Hall–Kier alpha value is -2.08. The number of methoxy groups -OCH3 is 1. The molecule has 0 bridgehead atoms. The lowest BCUT2D eigenvalue weighted by molar-refractivity contribution is 0.417. The first kappa shape index (κ1) is 15.3. The van der Waals surface area contributed by atoms with Gasteiger partial charge >= 0.3 is 0 Å². The molecular weight excluding hydrogens is 284 g/mol. The minimum absolute atomic E-state index is 0.380. The van der Waals surface area contributed by atoms with Crippen LogP contribution in [0.4, 0.5) is 5.69 Å². The van der Waals surface area contributed by atoms with Crippen molar-refractivity contribution in [2.45, 2.75) is 19.8 Å². The van der Waals surface area contributed by atoms with Gasteiger partial charge in [0.25, 0.3) is 0 Å². The largest absolute Gasteiger partial charge is 0.495 e. The number of nitrogens with zero attached hydrogens (tertiary/aromatic N) is 2. The number of nitrogens with one attached hydrogen (secondary N) is 1. The molecule has 1 aromatic heterocycles. The number of hydrogen-bond acceptors (Lipinski definition) is 4. The minimum Gasteiger partial charge on any atom is -0.495 e. The fourth-order valence-corrected chi connectivity index (χ4v) is 2.62. The van der Waals surface area contributed by atoms with Gasteiger partial charge < -0.3 is 15.8 Å². The second-order valence-corrected chi connectivity index (χ2v) is 5.37. The van der Waals surface area contributed by atoms with Gasteiger partial charge in [-0.3, -0.25) is 4.99 Å². The lowest BCUT2D eigenvalue weighted by Gasteiger charge is -2.09. The summed E-state index contributed by atoms with van der Waals surface area (Å²) in [5, 5.41) is 6.29. The van der Waals surface area contributed by atoms with E-state index in [9.17, 15) is 0 Å². The van der Waals surface area contributed by atoms with E-state index in [1.807, 2.05) is 24.3 Å². The molecule has 2 rings (SSSR count). The van der Waals surface area contributed by atoms with Gasteiger partial charge in [0.15, 0.2) is 5.96 Å². The van der Waals surface area contributed by atoms with E-state index >= 15 is 0 Å². The Kier molecular flexibility index (Phi) is 5.57. The van der Waals surface area contributed by atoms with Crippen molar-refractivity contribution in [3.63, 3.8) is 0 Å². The second kappa shape index (κ2) is 7.64. The van der Waals surface area contributed by atoms with Gasteiger partial charge in [-0.25, -0.2) is 4.98 Å². The summed E-state index contributed by atoms with van der Waals surface area (Å²) in [7, 11) is 1.63. The molecule has 0 radical (unpaired) electrons. The molecule has 112 valence electrons. The fourth-order valence-electron chi connectivity index (χ4n) is 1.84. The molecule has 0 aliphatic rings. The van der Waals surface area contributed by atoms with Crippen molar-refractivity contribution in [3.8, 4) is 5.75 Å². The number of para-hydroxylation sites is 2. The maximum absolute atomic E-state index is 5.89. The molecular formula is C15H20N4OS. The zero-order valence-corrected chi connectivity index (χ0v) is 13.1. The van der Waals surface area contributed by atoms with Crippen LogP contribution in [0.15, 0.2) is 34.6 Å². The normalized spacial score (nSPS) is 11.4. The van der Waals surface area contributed by atoms with E-state index in [1.165, 1.54) is 0 Å². The summed E-state index contributed by atoms with van der Waals surface area (Å²) < 4.78 is 5.25. The van der Waals surface area contributed by atoms with E-state index in [0.717, 1.165) is 35.0 Å². The van der Waals surface area contributed by atoms with Gasteiger partial charge in [-0.1, -0.05) is 19.1 Å². The standard InChI is InChI=1S/C15H20N4OS/c1-3-14-18-11(10-21-14)8-9-17-15(16)19-12-6-4-5-7-13(12)20-2/h4-7,10H,3,8-9H2,1-2H3,(H3,16,17,19). The van der Waals surface area contributed by atoms with Gasteiger partial charge in [0.05, 0.1) is 23.5 Å². The molecule has 0 saturated heterocycles. The molecule has 0 spiro atoms. The second-order valence-electron chi connectivity index (χ2n) is 4.43. The van der Waals surface area contributed by atoms with Gasteiger partial charge in [0.2, 0.25) is 0 Å². The summed E-state index contributed by atoms with van der Waals surface area (Å²) in [4.78, 5) is 8.82. The maximum atomic E-state index is 5.89. The third kappa shape index (κ3) is 4.46. The fraction of sp³-hybridized carbons (Fsp3) is 0.333. The topological polar surface area (TPSA) is 72.5 Å². The number of nitrogens with two attached hydrogens (primary N) is 1. The summed E-state index contributed by atoms with van der Waals surface area (Å²) in [5.74, 6) is 1.12. The number of benzene rings is 1. The van der Waals surface area contributed by atoms with Crippen LogP contribution in [0, 0.1) is 0 Å². The van der Waals surface area contributed by atoms with E-state index in [1.54, 1.807) is 18.4 Å². The molecule has 2 aromatic rings. The van der Waals surface area contributed by atoms with Crippen molar-refractivity contribution in [3.05, 3.63) is 40.3 Å². The highest BCUT2D eigenvalue weighted by Gasteiger charge is 2.03. The molecule has 0 atom stereocenters. The predicted molar refractivity (Wildman–Crippen MR) is 88.3 cm³/mol. The average molecular weight is 304 g/mol. The number of thiazole rings is 1. The molecule has 0 saturated carbocycles. The lowest BCUT2D eigenvalue weighted by atomic mass is 10.3. The summed E-state index contributed by atoms with van der Waals surface area (Å²) in [6, 6.07) is 7.59. The molecule has 5 nitrogen and oxygen atoms in total. The molecule has 0 amide bonds. The number of ether oxygens (including phenoxy) is 1. The average Bonchev–Trinajstić information content (AvgIpc) is 2.96. The molecule has 3 N–H and O–H groups in total. The quantitative estimate of drug-likeness (QED) is 0.636. The Morgan fingerprint density at radius 3 is 2.95 bits per heavy atom. The van der Waals surface area contributed by atoms with Crippen molar-refractivity contribution in [2.24, 2.45) is 10.7 Å². The first-order valence-electron chi connectivity index (χ1n) is 6.86. The van der Waals surface area contributed by atoms with Gasteiger partial charge in [-0.05, 0) is 18.6 Å². The number of aryl methyl sites for hydroxylation is 1. The Morgan fingerprint density at radius 1 is 1.43 bits per heavy atom.